The van der Waals surface area contributed by atoms with Crippen LogP contribution in [-0.2, 0) is 10.8 Å². The highest BCUT2D eigenvalue weighted by atomic mass is 15.0. The van der Waals surface area contributed by atoms with Crippen LogP contribution in [0.5, 0.6) is 0 Å². The molecule has 3 aliphatic rings. The average Bonchev–Trinajstić information content (AvgIpc) is 4.12. The summed E-state index contributed by atoms with van der Waals surface area (Å²) < 4.78 is 2.59. The Bertz CT molecular complexity index is 4170. The molecule has 0 amide bonds. The van der Waals surface area contributed by atoms with Crippen LogP contribution in [0, 0.1) is 0 Å². The van der Waals surface area contributed by atoms with Gasteiger partial charge in [0.15, 0.2) is 0 Å². The third-order valence-electron chi connectivity index (χ3n) is 16.7. The van der Waals surface area contributed by atoms with Gasteiger partial charge in [-0.05, 0) is 130 Å². The molecule has 3 aliphatic carbocycles. The largest absolute Gasteiger partial charge is 0.309 e. The molecule has 0 radical (unpaired) electrons. The van der Waals surface area contributed by atoms with E-state index in [4.69, 9.17) is 0 Å². The first-order valence-electron chi connectivity index (χ1n) is 25.5. The van der Waals surface area contributed by atoms with Crippen molar-refractivity contribution in [1.29, 1.82) is 0 Å². The van der Waals surface area contributed by atoms with Gasteiger partial charge in [0.25, 0.3) is 0 Å². The van der Waals surface area contributed by atoms with E-state index in [-0.39, 0.29) is 11.3 Å². The lowest BCUT2D eigenvalue weighted by atomic mass is 9.70. The van der Waals surface area contributed by atoms with E-state index in [0.717, 1.165) is 0 Å². The van der Waals surface area contributed by atoms with Crippen LogP contribution in [0.1, 0.15) is 69.8 Å². The van der Waals surface area contributed by atoms with Gasteiger partial charge in [-0.25, -0.2) is 0 Å². The number of hydrogen-bond acceptors (Lipinski definition) is 0. The molecule has 15 rings (SSSR count). The maximum atomic E-state index is 2.59. The van der Waals surface area contributed by atoms with Crippen molar-refractivity contribution in [3.05, 3.63) is 305 Å². The first-order valence-corrected chi connectivity index (χ1v) is 25.5. The summed E-state index contributed by atoms with van der Waals surface area (Å²) >= 11 is 0. The van der Waals surface area contributed by atoms with E-state index >= 15 is 0 Å². The summed E-state index contributed by atoms with van der Waals surface area (Å²) in [7, 11) is 0. The van der Waals surface area contributed by atoms with Crippen molar-refractivity contribution < 1.29 is 0 Å². The maximum Gasteiger partial charge on any atom is 0.0726 e. The molecule has 72 heavy (non-hydrogen) atoms. The fraction of sp³-hybridized carbons (Fsp3) is 0.0704. The van der Waals surface area contributed by atoms with Crippen LogP contribution in [-0.4, -0.2) is 4.57 Å². The van der Waals surface area contributed by atoms with E-state index in [0.29, 0.717) is 0 Å². The van der Waals surface area contributed by atoms with Gasteiger partial charge in [-0.1, -0.05) is 238 Å². The van der Waals surface area contributed by atoms with Crippen LogP contribution in [0.2, 0.25) is 0 Å². The lowest BCUT2D eigenvalue weighted by molar-refractivity contribution is 0.659. The molecule has 338 valence electrons. The Kier molecular flexibility index (Phi) is 8.76. The molecule has 1 nitrogen and oxygen atoms in total. The summed E-state index contributed by atoms with van der Waals surface area (Å²) in [5.41, 5.74) is 27.7. The number of benzene rings is 11. The Labute approximate surface area is 421 Å². The van der Waals surface area contributed by atoms with Gasteiger partial charge < -0.3 is 4.57 Å². The Morgan fingerprint density at radius 3 is 1.61 bits per heavy atom. The number of aromatic nitrogens is 1. The highest BCUT2D eigenvalue weighted by Crippen LogP contribution is 2.65. The van der Waals surface area contributed by atoms with E-state index in [1.54, 1.807) is 0 Å². The molecule has 0 bridgehead atoms. The predicted molar refractivity (Wildman–Crippen MR) is 299 cm³/mol. The van der Waals surface area contributed by atoms with Crippen LogP contribution in [0.25, 0.3) is 83.1 Å². The Balaban J connectivity index is 0.995. The molecular weight excluding hydrogens is 867 g/mol. The molecule has 2 unspecified atom stereocenters. The summed E-state index contributed by atoms with van der Waals surface area (Å²) in [4.78, 5) is 0. The second-order valence-electron chi connectivity index (χ2n) is 20.7. The minimum Gasteiger partial charge on any atom is -0.309 e. The zero-order valence-electron chi connectivity index (χ0n) is 40.3. The zero-order valence-corrected chi connectivity index (χ0v) is 40.3. The average molecular weight is 916 g/mol. The van der Waals surface area contributed by atoms with Gasteiger partial charge in [0, 0.05) is 27.7 Å². The van der Waals surface area contributed by atoms with Crippen molar-refractivity contribution >= 4 is 21.8 Å². The number of fused-ring (bicyclic) bond motifs is 16. The Hall–Kier alpha value is -8.78. The van der Waals surface area contributed by atoms with Crippen molar-refractivity contribution in [1.82, 2.24) is 4.57 Å². The van der Waals surface area contributed by atoms with Crippen molar-refractivity contribution in [2.24, 2.45) is 0 Å². The molecular formula is C71H49N. The van der Waals surface area contributed by atoms with E-state index in [1.807, 2.05) is 0 Å². The van der Waals surface area contributed by atoms with Crippen LogP contribution in [0.3, 0.4) is 0 Å². The summed E-state index contributed by atoms with van der Waals surface area (Å²) in [5.74, 6) is 0.0153. The summed E-state index contributed by atoms with van der Waals surface area (Å²) in [6, 6.07) is 96.2. The molecule has 0 aliphatic heterocycles. The molecule has 0 saturated carbocycles. The van der Waals surface area contributed by atoms with Crippen molar-refractivity contribution in [3.63, 3.8) is 0 Å². The Morgan fingerprint density at radius 2 is 0.861 bits per heavy atom. The lowest BCUT2D eigenvalue weighted by Crippen LogP contribution is -2.26. The standard InChI is InChI=1S/C71H49N/c1-70(2)58-31-16-12-27-51(58)52-39-37-48(42-62(52)70)67(47-25-10-5-11-26-47)49-38-40-54-53-28-15-19-35-64(53)72(66(54)44-49)65-36-20-34-61-69(65)56-30-14-18-33-60(56)71(61)59-32-17-13-29-55(59)68-57(46-23-8-4-9-24-46)41-50(43-63(68)71)45-21-6-3-7-22-45/h3-44,67H,1-2H3. The zero-order chi connectivity index (χ0) is 47.7. The third-order valence-corrected chi connectivity index (χ3v) is 16.7. The number of para-hydroxylation sites is 1. The lowest BCUT2D eigenvalue weighted by Gasteiger charge is -2.31. The van der Waals surface area contributed by atoms with Gasteiger partial charge in [0.05, 0.1) is 22.1 Å². The first kappa shape index (κ1) is 41.0. The predicted octanol–water partition coefficient (Wildman–Crippen LogP) is 17.9. The quantitative estimate of drug-likeness (QED) is 0.147. The van der Waals surface area contributed by atoms with Gasteiger partial charge in [-0.3, -0.25) is 0 Å². The van der Waals surface area contributed by atoms with Gasteiger partial charge >= 0.3 is 0 Å². The minimum absolute atomic E-state index is 0.0153. The van der Waals surface area contributed by atoms with Gasteiger partial charge in [-0.2, -0.15) is 0 Å². The monoisotopic (exact) mass is 915 g/mol. The SMILES string of the molecule is CC1(C)c2ccccc2-c2ccc(C(c3ccccc3)c3ccc4c5ccccc5n(-c5cccc6c5-c5ccccc5C65c6ccccc6-c6c(-c7ccccc7)cc(-c7ccccc7)cc65)c4c3)cc21. The molecule has 11 aromatic carbocycles. The summed E-state index contributed by atoms with van der Waals surface area (Å²) in [5, 5.41) is 2.50. The highest BCUT2D eigenvalue weighted by molar-refractivity contribution is 6.11. The molecule has 1 spiro atoms. The normalized spacial score (nSPS) is 15.8. The molecule has 12 aromatic rings. The smallest absolute Gasteiger partial charge is 0.0726 e. The van der Waals surface area contributed by atoms with Crippen LogP contribution >= 0.6 is 0 Å². The molecule has 2 atom stereocenters. The van der Waals surface area contributed by atoms with Gasteiger partial charge in [0.1, 0.15) is 0 Å². The first-order chi connectivity index (χ1) is 35.5. The summed E-state index contributed by atoms with van der Waals surface area (Å²) in [6.07, 6.45) is 0. The molecule has 1 aromatic heterocycles. The number of hydrogen-bond donors (Lipinski definition) is 0. The van der Waals surface area contributed by atoms with Crippen LogP contribution in [0.4, 0.5) is 0 Å². The fourth-order valence-electron chi connectivity index (χ4n) is 13.7. The van der Waals surface area contributed by atoms with E-state index in [1.165, 1.54) is 133 Å². The second-order valence-corrected chi connectivity index (χ2v) is 20.7. The number of nitrogens with zero attached hydrogens (tertiary/aromatic N) is 1. The van der Waals surface area contributed by atoms with Gasteiger partial charge in [-0.15, -0.1) is 0 Å². The van der Waals surface area contributed by atoms with Crippen molar-refractivity contribution in [3.8, 4) is 61.3 Å². The molecule has 1 heteroatoms. The fourth-order valence-corrected chi connectivity index (χ4v) is 13.7. The van der Waals surface area contributed by atoms with Crippen molar-refractivity contribution in [2.45, 2.75) is 30.6 Å². The highest BCUT2D eigenvalue weighted by Gasteiger charge is 2.53. The van der Waals surface area contributed by atoms with Crippen LogP contribution in [0.15, 0.2) is 255 Å². The molecule has 0 saturated heterocycles. The van der Waals surface area contributed by atoms with E-state index in [2.05, 4.69) is 273 Å². The van der Waals surface area contributed by atoms with E-state index < -0.39 is 5.41 Å². The second kappa shape index (κ2) is 15.4. The molecule has 0 N–H and O–H groups in total. The van der Waals surface area contributed by atoms with Crippen LogP contribution < -0.4 is 0 Å². The minimum atomic E-state index is -0.564. The summed E-state index contributed by atoms with van der Waals surface area (Å²) in [6.45, 7) is 4.77. The topological polar surface area (TPSA) is 4.93 Å². The molecule has 0 fully saturated rings. The van der Waals surface area contributed by atoms with E-state index in [9.17, 15) is 0 Å². The third kappa shape index (κ3) is 5.59. The Morgan fingerprint density at radius 1 is 0.306 bits per heavy atom. The maximum absolute atomic E-state index is 2.59. The van der Waals surface area contributed by atoms with Gasteiger partial charge in [0.2, 0.25) is 0 Å². The number of rotatable bonds is 6. The van der Waals surface area contributed by atoms with Crippen molar-refractivity contribution in [2.75, 3.05) is 0 Å². The molecule has 1 heterocycles.